The number of hydrogen-bond donors (Lipinski definition) is 3. The van der Waals surface area contributed by atoms with E-state index in [9.17, 15) is 23.5 Å². The summed E-state index contributed by atoms with van der Waals surface area (Å²) in [6, 6.07) is 8.71. The first-order valence-corrected chi connectivity index (χ1v) is 14.6. The zero-order valence-corrected chi connectivity index (χ0v) is 23.9. The lowest BCUT2D eigenvalue weighted by molar-refractivity contribution is -0.117. The molecule has 0 bridgehead atoms. The van der Waals surface area contributed by atoms with Crippen LogP contribution in [0, 0.1) is 5.92 Å². The number of anilines is 3. The van der Waals surface area contributed by atoms with Crippen molar-refractivity contribution in [3.8, 4) is 17.0 Å². The molecule has 6 rings (SSSR count). The van der Waals surface area contributed by atoms with Crippen molar-refractivity contribution in [2.75, 3.05) is 35.2 Å². The van der Waals surface area contributed by atoms with Gasteiger partial charge in [-0.05, 0) is 74.9 Å². The van der Waals surface area contributed by atoms with E-state index >= 15 is 0 Å². The number of ether oxygens (including phenoxy) is 2. The van der Waals surface area contributed by atoms with E-state index in [4.69, 9.17) is 26.4 Å². The van der Waals surface area contributed by atoms with Gasteiger partial charge in [0.25, 0.3) is 5.91 Å². The lowest BCUT2D eigenvalue weighted by atomic mass is 10.1. The van der Waals surface area contributed by atoms with Crippen LogP contribution in [0.1, 0.15) is 55.1 Å². The summed E-state index contributed by atoms with van der Waals surface area (Å²) in [6.07, 6.45) is 6.00. The number of β-amino-alcohol motifs (C(OH)–C–C–N with tert-alkyl or cyclic N) is 1. The van der Waals surface area contributed by atoms with Gasteiger partial charge in [0.1, 0.15) is 23.6 Å². The standard InChI is InChI=1S/C29H31ClF2N6O5/c30-29(31,32)43-20-8-6-18(7-9-20)33-28(41)22-15-21(23-11-13-38(36-23)24-3-1-2-14-42-24)26(37-12-10-19(39)16-37)34-25(22)35-27(40)17-4-5-17/h6-9,11,13,15,17,19,24,39H,1-5,10,12,14,16H2,(H,33,41)(H,34,35,40)/t19-,24?/m1/s1. The molecule has 0 radical (unpaired) electrons. The number of amides is 2. The van der Waals surface area contributed by atoms with Gasteiger partial charge in [-0.15, -0.1) is 8.78 Å². The van der Waals surface area contributed by atoms with Crippen molar-refractivity contribution in [2.24, 2.45) is 5.92 Å². The molecule has 11 nitrogen and oxygen atoms in total. The maximum Gasteiger partial charge on any atom is 0.487 e. The van der Waals surface area contributed by atoms with E-state index in [2.05, 4.69) is 15.4 Å². The second-order valence-electron chi connectivity index (χ2n) is 10.9. The molecule has 2 amide bonds. The molecule has 1 aromatic carbocycles. The molecule has 0 spiro atoms. The van der Waals surface area contributed by atoms with Crippen LogP contribution in [0.3, 0.4) is 0 Å². The highest BCUT2D eigenvalue weighted by molar-refractivity contribution is 6.20. The Morgan fingerprint density at radius 2 is 1.88 bits per heavy atom. The quantitative estimate of drug-likeness (QED) is 0.287. The molecule has 14 heteroatoms. The van der Waals surface area contributed by atoms with E-state index in [-0.39, 0.29) is 35.2 Å². The monoisotopic (exact) mass is 616 g/mol. The molecule has 3 fully saturated rings. The summed E-state index contributed by atoms with van der Waals surface area (Å²) in [6.45, 7) is 1.52. The van der Waals surface area contributed by atoms with Crippen LogP contribution in [-0.2, 0) is 9.53 Å². The van der Waals surface area contributed by atoms with Crippen LogP contribution in [0.5, 0.6) is 5.75 Å². The maximum atomic E-state index is 13.7. The predicted octanol–water partition coefficient (Wildman–Crippen LogP) is 4.98. The molecule has 43 heavy (non-hydrogen) atoms. The van der Waals surface area contributed by atoms with Crippen molar-refractivity contribution < 1.29 is 33.0 Å². The van der Waals surface area contributed by atoms with Crippen LogP contribution < -0.4 is 20.3 Å². The summed E-state index contributed by atoms with van der Waals surface area (Å²) in [5, 5.41) is 20.6. The number of hydrogen-bond acceptors (Lipinski definition) is 8. The van der Waals surface area contributed by atoms with Gasteiger partial charge in [-0.2, -0.15) is 5.10 Å². The van der Waals surface area contributed by atoms with Gasteiger partial charge in [0.05, 0.1) is 17.4 Å². The third-order valence-electron chi connectivity index (χ3n) is 7.58. The highest BCUT2D eigenvalue weighted by atomic mass is 35.5. The number of pyridine rings is 1. The third-order valence-corrected chi connectivity index (χ3v) is 7.66. The molecule has 3 aliphatic rings. The minimum atomic E-state index is -3.87. The number of aliphatic hydroxyl groups excluding tert-OH is 1. The summed E-state index contributed by atoms with van der Waals surface area (Å²) in [5.74, 6) is -0.589. The van der Waals surface area contributed by atoms with E-state index in [0.717, 1.165) is 32.1 Å². The molecular formula is C29H31ClF2N6O5. The fourth-order valence-electron chi connectivity index (χ4n) is 5.21. The van der Waals surface area contributed by atoms with Crippen molar-refractivity contribution in [1.82, 2.24) is 14.8 Å². The molecule has 2 aliphatic heterocycles. The molecule has 1 saturated carbocycles. The van der Waals surface area contributed by atoms with Gasteiger partial charge in [0.15, 0.2) is 0 Å². The summed E-state index contributed by atoms with van der Waals surface area (Å²) in [5.41, 5.74) is -2.39. The number of rotatable bonds is 9. The second-order valence-corrected chi connectivity index (χ2v) is 11.4. The lowest BCUT2D eigenvalue weighted by Crippen LogP contribution is -2.26. The number of aromatic nitrogens is 3. The zero-order valence-electron chi connectivity index (χ0n) is 23.1. The molecule has 2 aromatic heterocycles. The first-order valence-electron chi connectivity index (χ1n) is 14.3. The highest BCUT2D eigenvalue weighted by Crippen LogP contribution is 2.37. The summed E-state index contributed by atoms with van der Waals surface area (Å²) in [7, 11) is 0. The highest BCUT2D eigenvalue weighted by Gasteiger charge is 2.33. The Labute approximate surface area is 251 Å². The predicted molar refractivity (Wildman–Crippen MR) is 154 cm³/mol. The fraction of sp³-hybridized carbons (Fsp3) is 0.448. The SMILES string of the molecule is O=C(Nc1ccc(OC(F)(F)Cl)cc1)c1cc(-c2ccn(C3CCCCO3)n2)c(N2CC[C@@H](O)C2)nc1NC(=O)C1CC1. The van der Waals surface area contributed by atoms with Crippen LogP contribution in [0.2, 0.25) is 0 Å². The van der Waals surface area contributed by atoms with Crippen molar-refractivity contribution in [3.63, 3.8) is 0 Å². The molecular weight excluding hydrogens is 586 g/mol. The number of nitrogens with one attached hydrogen (secondary N) is 2. The Morgan fingerprint density at radius 3 is 2.53 bits per heavy atom. The van der Waals surface area contributed by atoms with Crippen molar-refractivity contribution in [1.29, 1.82) is 0 Å². The lowest BCUT2D eigenvalue weighted by Gasteiger charge is -2.23. The minimum absolute atomic E-state index is 0.0753. The Balaban J connectivity index is 1.36. The Morgan fingerprint density at radius 1 is 1.09 bits per heavy atom. The molecule has 1 aliphatic carbocycles. The van der Waals surface area contributed by atoms with Gasteiger partial charge in [0.2, 0.25) is 5.91 Å². The topological polar surface area (TPSA) is 131 Å². The minimum Gasteiger partial charge on any atom is -0.420 e. The molecule has 4 heterocycles. The number of carbonyl (C=O) groups is 2. The summed E-state index contributed by atoms with van der Waals surface area (Å²) < 4.78 is 38.0. The number of nitrogens with zero attached hydrogens (tertiary/aromatic N) is 4. The van der Waals surface area contributed by atoms with Gasteiger partial charge < -0.3 is 30.1 Å². The second kappa shape index (κ2) is 12.1. The molecule has 2 atom stereocenters. The third kappa shape index (κ3) is 7.06. The Hall–Kier alpha value is -3.81. The number of benzene rings is 1. The smallest absolute Gasteiger partial charge is 0.420 e. The zero-order chi connectivity index (χ0) is 30.1. The van der Waals surface area contributed by atoms with E-state index < -0.39 is 17.6 Å². The van der Waals surface area contributed by atoms with Gasteiger partial charge in [-0.1, -0.05) is 0 Å². The summed E-state index contributed by atoms with van der Waals surface area (Å²) >= 11 is 4.84. The molecule has 3 aromatic rings. The average molecular weight is 617 g/mol. The number of carbonyl (C=O) groups excluding carboxylic acids is 2. The number of halogens is 3. The van der Waals surface area contributed by atoms with Crippen molar-refractivity contribution >= 4 is 40.7 Å². The van der Waals surface area contributed by atoms with Crippen molar-refractivity contribution in [2.45, 2.75) is 56.4 Å². The maximum absolute atomic E-state index is 13.7. The average Bonchev–Trinajstić information content (AvgIpc) is 3.56. The Kier molecular flexibility index (Phi) is 8.21. The van der Waals surface area contributed by atoms with Gasteiger partial charge in [0, 0.05) is 54.7 Å². The van der Waals surface area contributed by atoms with Crippen LogP contribution in [0.4, 0.5) is 26.1 Å². The molecule has 2 saturated heterocycles. The fourth-order valence-corrected chi connectivity index (χ4v) is 5.30. The number of alkyl halides is 3. The van der Waals surface area contributed by atoms with Gasteiger partial charge in [-0.3, -0.25) is 9.59 Å². The van der Waals surface area contributed by atoms with Crippen LogP contribution >= 0.6 is 11.6 Å². The van der Waals surface area contributed by atoms with E-state index in [1.165, 1.54) is 24.3 Å². The van der Waals surface area contributed by atoms with Gasteiger partial charge >= 0.3 is 5.57 Å². The largest absolute Gasteiger partial charge is 0.487 e. The van der Waals surface area contributed by atoms with E-state index in [1.807, 2.05) is 17.2 Å². The van der Waals surface area contributed by atoms with Crippen LogP contribution in [-0.4, -0.2) is 63.1 Å². The normalized spacial score (nSPS) is 20.6. The first kappa shape index (κ1) is 29.3. The summed E-state index contributed by atoms with van der Waals surface area (Å²) in [4.78, 5) is 33.2. The van der Waals surface area contributed by atoms with Crippen molar-refractivity contribution in [3.05, 3.63) is 48.2 Å². The van der Waals surface area contributed by atoms with Crippen LogP contribution in [0.15, 0.2) is 42.6 Å². The Bertz CT molecular complexity index is 1490. The molecule has 1 unspecified atom stereocenters. The van der Waals surface area contributed by atoms with Crippen LogP contribution in [0.25, 0.3) is 11.3 Å². The van der Waals surface area contributed by atoms with Gasteiger partial charge in [-0.25, -0.2) is 9.67 Å². The van der Waals surface area contributed by atoms with E-state index in [0.29, 0.717) is 48.9 Å². The first-order chi connectivity index (χ1) is 20.6. The number of aliphatic hydroxyl groups is 1. The van der Waals surface area contributed by atoms with E-state index in [1.54, 1.807) is 10.7 Å². The molecule has 228 valence electrons. The molecule has 3 N–H and O–H groups in total.